The third-order valence-electron chi connectivity index (χ3n) is 2.87. The Morgan fingerprint density at radius 2 is 2.11 bits per heavy atom. The zero-order valence-corrected chi connectivity index (χ0v) is 13.7. The first-order valence-electron chi connectivity index (χ1n) is 6.93. The summed E-state index contributed by atoms with van der Waals surface area (Å²) in [5.41, 5.74) is 0. The van der Waals surface area contributed by atoms with E-state index in [-0.39, 0.29) is 0 Å². The number of thiocarbonyl (C=S) groups is 1. The summed E-state index contributed by atoms with van der Waals surface area (Å²) in [6.07, 6.45) is 11.2. The predicted octanol–water partition coefficient (Wildman–Crippen LogP) is 5.40. The molecule has 0 amide bonds. The molecule has 0 bridgehead atoms. The third kappa shape index (κ3) is 8.44. The van der Waals surface area contributed by atoms with Crippen LogP contribution in [0.25, 0.3) is 0 Å². The van der Waals surface area contributed by atoms with E-state index in [0.717, 1.165) is 23.2 Å². The largest absolute Gasteiger partial charge is 0.479 e. The van der Waals surface area contributed by atoms with E-state index in [1.165, 1.54) is 38.5 Å². The summed E-state index contributed by atoms with van der Waals surface area (Å²) in [5.74, 6) is 1.08. The fraction of sp³-hybridized carbons (Fsp3) is 0.786. The molecule has 1 heterocycles. The Hall–Kier alpha value is 0.330. The number of hydrogen-bond donors (Lipinski definition) is 0. The lowest BCUT2D eigenvalue weighted by Crippen LogP contribution is -2.06. The molecule has 4 heteroatoms. The van der Waals surface area contributed by atoms with Gasteiger partial charge in [0, 0.05) is 11.0 Å². The summed E-state index contributed by atoms with van der Waals surface area (Å²) in [6.45, 7) is 3.05. The molecule has 0 spiro atoms. The van der Waals surface area contributed by atoms with Crippen LogP contribution in [0.3, 0.4) is 0 Å². The van der Waals surface area contributed by atoms with E-state index < -0.39 is 0 Å². The molecule has 1 atom stereocenters. The summed E-state index contributed by atoms with van der Waals surface area (Å²) in [6, 6.07) is 0. The van der Waals surface area contributed by atoms with Crippen LogP contribution in [0.4, 0.5) is 0 Å². The molecule has 0 saturated heterocycles. The Kier molecular flexibility index (Phi) is 10.2. The van der Waals surface area contributed by atoms with Gasteiger partial charge in [-0.3, -0.25) is 0 Å². The average molecular weight is 305 g/mol. The lowest BCUT2D eigenvalue weighted by atomic mass is 10.1. The maximum atomic E-state index is 5.57. The fourth-order valence-corrected chi connectivity index (χ4v) is 3.87. The summed E-state index contributed by atoms with van der Waals surface area (Å²) in [5, 5.41) is 2.89. The van der Waals surface area contributed by atoms with Gasteiger partial charge >= 0.3 is 0 Å². The van der Waals surface area contributed by atoms with Crippen molar-refractivity contribution >= 4 is 40.1 Å². The number of allylic oxidation sites excluding steroid dienone is 1. The number of rotatable bonds is 9. The van der Waals surface area contributed by atoms with E-state index >= 15 is 0 Å². The molecule has 1 aliphatic rings. The summed E-state index contributed by atoms with van der Waals surface area (Å²) in [4.78, 5) is 0. The summed E-state index contributed by atoms with van der Waals surface area (Å²) in [7, 11) is 0. The van der Waals surface area contributed by atoms with Gasteiger partial charge < -0.3 is 4.74 Å². The fourth-order valence-electron chi connectivity index (χ4n) is 1.78. The predicted molar refractivity (Wildman–Crippen MR) is 89.5 cm³/mol. The monoisotopic (exact) mass is 304 g/mol. The minimum atomic E-state index is 0.700. The molecule has 0 fully saturated rings. The number of unbranched alkanes of at least 4 members (excludes halogenated alkanes) is 5. The van der Waals surface area contributed by atoms with Crippen molar-refractivity contribution in [3.8, 4) is 0 Å². The maximum Gasteiger partial charge on any atom is 0.219 e. The van der Waals surface area contributed by atoms with E-state index in [1.54, 1.807) is 11.8 Å². The molecule has 0 N–H and O–H groups in total. The number of thioether (sulfide) groups is 2. The highest BCUT2D eigenvalue weighted by atomic mass is 32.2. The van der Waals surface area contributed by atoms with Crippen LogP contribution in [0.5, 0.6) is 0 Å². The standard InChI is InChI=1S/C14H24OS3/c1-2-3-4-5-6-7-10-15-14(16)18-12-13-9-8-11-17-13/h8,11,13H,2-7,9-10,12H2,1H3. The minimum Gasteiger partial charge on any atom is -0.479 e. The number of ether oxygens (including phenoxy) is 1. The molecule has 0 aromatic carbocycles. The molecule has 0 aromatic rings. The first kappa shape index (κ1) is 16.4. The molecule has 1 nitrogen and oxygen atoms in total. The lowest BCUT2D eigenvalue weighted by Gasteiger charge is -2.09. The topological polar surface area (TPSA) is 9.23 Å². The second kappa shape index (κ2) is 11.2. The molecule has 0 aliphatic carbocycles. The van der Waals surface area contributed by atoms with Gasteiger partial charge in [-0.05, 0) is 30.5 Å². The van der Waals surface area contributed by atoms with E-state index in [0.29, 0.717) is 5.25 Å². The van der Waals surface area contributed by atoms with Gasteiger partial charge in [-0.25, -0.2) is 0 Å². The molecule has 1 rings (SSSR count). The first-order valence-corrected chi connectivity index (χ1v) is 9.26. The Labute approximate surface area is 126 Å². The van der Waals surface area contributed by atoms with E-state index in [2.05, 4.69) is 18.4 Å². The molecule has 1 aliphatic heterocycles. The van der Waals surface area contributed by atoms with Crippen LogP contribution in [-0.2, 0) is 4.74 Å². The Morgan fingerprint density at radius 1 is 1.33 bits per heavy atom. The van der Waals surface area contributed by atoms with E-state index in [9.17, 15) is 0 Å². The second-order valence-corrected chi connectivity index (χ2v) is 7.38. The van der Waals surface area contributed by atoms with Crippen molar-refractivity contribution in [2.45, 2.75) is 57.1 Å². The molecule has 0 saturated carbocycles. The molecule has 0 aromatic heterocycles. The van der Waals surface area contributed by atoms with Crippen LogP contribution >= 0.6 is 35.7 Å². The van der Waals surface area contributed by atoms with Gasteiger partial charge in [-0.1, -0.05) is 56.9 Å². The Bertz CT molecular complexity index is 245. The van der Waals surface area contributed by atoms with Crippen molar-refractivity contribution in [2.24, 2.45) is 0 Å². The average Bonchev–Trinajstić information content (AvgIpc) is 2.88. The zero-order valence-electron chi connectivity index (χ0n) is 11.2. The highest BCUT2D eigenvalue weighted by molar-refractivity contribution is 8.23. The van der Waals surface area contributed by atoms with Crippen LogP contribution in [0.2, 0.25) is 0 Å². The first-order chi connectivity index (χ1) is 8.83. The minimum absolute atomic E-state index is 0.700. The van der Waals surface area contributed by atoms with Gasteiger partial charge in [0.25, 0.3) is 0 Å². The van der Waals surface area contributed by atoms with E-state index in [1.807, 2.05) is 11.8 Å². The zero-order chi connectivity index (χ0) is 13.1. The quantitative estimate of drug-likeness (QED) is 0.416. The summed E-state index contributed by atoms with van der Waals surface area (Å²) < 4.78 is 6.31. The highest BCUT2D eigenvalue weighted by Crippen LogP contribution is 2.27. The van der Waals surface area contributed by atoms with Gasteiger partial charge in [0.2, 0.25) is 4.38 Å². The van der Waals surface area contributed by atoms with E-state index in [4.69, 9.17) is 17.0 Å². The van der Waals surface area contributed by atoms with Crippen LogP contribution in [-0.4, -0.2) is 22.0 Å². The Balaban J connectivity index is 1.84. The van der Waals surface area contributed by atoms with Crippen LogP contribution in [0, 0.1) is 0 Å². The molecular formula is C14H24OS3. The molecule has 18 heavy (non-hydrogen) atoms. The van der Waals surface area contributed by atoms with Crippen molar-refractivity contribution in [3.63, 3.8) is 0 Å². The Morgan fingerprint density at radius 3 is 2.83 bits per heavy atom. The van der Waals surface area contributed by atoms with Crippen molar-refractivity contribution in [1.29, 1.82) is 0 Å². The SMILES string of the molecule is CCCCCCCCOC(=S)SCC1CC=CS1. The lowest BCUT2D eigenvalue weighted by molar-refractivity contribution is 0.308. The van der Waals surface area contributed by atoms with Crippen molar-refractivity contribution in [1.82, 2.24) is 0 Å². The van der Waals surface area contributed by atoms with Crippen LogP contribution < -0.4 is 0 Å². The number of hydrogen-bond acceptors (Lipinski definition) is 4. The highest BCUT2D eigenvalue weighted by Gasteiger charge is 2.12. The summed E-state index contributed by atoms with van der Waals surface area (Å²) >= 11 is 8.82. The third-order valence-corrected chi connectivity index (χ3v) is 5.57. The van der Waals surface area contributed by atoms with Gasteiger partial charge in [0.05, 0.1) is 6.61 Å². The van der Waals surface area contributed by atoms with Crippen molar-refractivity contribution < 1.29 is 4.74 Å². The van der Waals surface area contributed by atoms with Crippen LogP contribution in [0.1, 0.15) is 51.9 Å². The molecule has 1 unspecified atom stereocenters. The maximum absolute atomic E-state index is 5.57. The van der Waals surface area contributed by atoms with Gasteiger partial charge in [0.1, 0.15) is 0 Å². The van der Waals surface area contributed by atoms with Crippen LogP contribution in [0.15, 0.2) is 11.5 Å². The van der Waals surface area contributed by atoms with Crippen molar-refractivity contribution in [2.75, 3.05) is 12.4 Å². The van der Waals surface area contributed by atoms with Gasteiger partial charge in [-0.15, -0.1) is 11.8 Å². The normalized spacial score (nSPS) is 18.2. The van der Waals surface area contributed by atoms with Crippen molar-refractivity contribution in [3.05, 3.63) is 11.5 Å². The molecule has 0 radical (unpaired) electrons. The van der Waals surface area contributed by atoms with Gasteiger partial charge in [0.15, 0.2) is 0 Å². The molecule has 104 valence electrons. The second-order valence-electron chi connectivity index (χ2n) is 4.54. The molecular weight excluding hydrogens is 280 g/mol. The smallest absolute Gasteiger partial charge is 0.219 e. The van der Waals surface area contributed by atoms with Gasteiger partial charge in [-0.2, -0.15) is 0 Å².